The van der Waals surface area contributed by atoms with E-state index in [4.69, 9.17) is 0 Å². The molecule has 3 fully saturated rings. The van der Waals surface area contributed by atoms with Gasteiger partial charge in [-0.05, 0) is 55.2 Å². The smallest absolute Gasteiger partial charge is 0.0527 e. The van der Waals surface area contributed by atoms with Gasteiger partial charge in [0.15, 0.2) is 0 Å². The third-order valence-electron chi connectivity index (χ3n) is 5.38. The quantitative estimate of drug-likeness (QED) is 0.614. The van der Waals surface area contributed by atoms with Gasteiger partial charge in [0, 0.05) is 30.4 Å². The molecule has 2 bridgehead atoms. The summed E-state index contributed by atoms with van der Waals surface area (Å²) < 4.78 is 0. The molecule has 0 aromatic heterocycles. The Balaban J connectivity index is 1.65. The van der Waals surface area contributed by atoms with E-state index < -0.39 is 0 Å². The molecular formula is C16H19+. The summed E-state index contributed by atoms with van der Waals surface area (Å²) in [5.74, 6) is 5.98. The molecule has 0 N–H and O–H groups in total. The number of hydrogen-bond donors (Lipinski definition) is 0. The molecule has 3 aliphatic rings. The van der Waals surface area contributed by atoms with E-state index in [0.717, 1.165) is 23.7 Å². The normalized spacial score (nSPS) is 40.4. The molecule has 4 rings (SSSR count). The van der Waals surface area contributed by atoms with Gasteiger partial charge in [-0.25, -0.2) is 0 Å². The first-order valence-electron chi connectivity index (χ1n) is 6.84. The van der Waals surface area contributed by atoms with Crippen molar-refractivity contribution >= 4 is 0 Å². The largest absolute Gasteiger partial charge is 0.133 e. The van der Waals surface area contributed by atoms with Crippen LogP contribution in [0.25, 0.3) is 0 Å². The second-order valence-electron chi connectivity index (χ2n) is 5.96. The van der Waals surface area contributed by atoms with Crippen molar-refractivity contribution in [2.45, 2.75) is 32.1 Å². The van der Waals surface area contributed by atoms with E-state index in [1.54, 1.807) is 11.5 Å². The molecule has 16 heavy (non-hydrogen) atoms. The fourth-order valence-electron chi connectivity index (χ4n) is 4.83. The molecular weight excluding hydrogens is 192 g/mol. The Kier molecular flexibility index (Phi) is 1.88. The zero-order valence-corrected chi connectivity index (χ0v) is 9.73. The lowest BCUT2D eigenvalue weighted by Crippen LogP contribution is -2.23. The highest BCUT2D eigenvalue weighted by Crippen LogP contribution is 2.63. The number of benzene rings is 1. The van der Waals surface area contributed by atoms with Gasteiger partial charge in [-0.2, -0.15) is 0 Å². The zero-order chi connectivity index (χ0) is 10.5. The Morgan fingerprint density at radius 3 is 2.69 bits per heavy atom. The third kappa shape index (κ3) is 1.13. The molecule has 0 nitrogen and oxygen atoms in total. The Morgan fingerprint density at radius 2 is 1.81 bits per heavy atom. The van der Waals surface area contributed by atoms with Crippen LogP contribution in [0.3, 0.4) is 0 Å². The highest BCUT2D eigenvalue weighted by atomic mass is 14.6. The van der Waals surface area contributed by atoms with Gasteiger partial charge in [-0.15, -0.1) is 0 Å². The summed E-state index contributed by atoms with van der Waals surface area (Å²) in [7, 11) is 0. The second kappa shape index (κ2) is 3.29. The summed E-state index contributed by atoms with van der Waals surface area (Å²) in [6.07, 6.45) is 7.48. The number of rotatable bonds is 1. The molecule has 82 valence electrons. The molecule has 0 amide bonds. The molecule has 3 aliphatic carbocycles. The highest BCUT2D eigenvalue weighted by molar-refractivity contribution is 5.36. The lowest BCUT2D eigenvalue weighted by Gasteiger charge is -2.27. The van der Waals surface area contributed by atoms with E-state index in [1.807, 2.05) is 0 Å². The molecule has 1 aromatic rings. The van der Waals surface area contributed by atoms with Crippen molar-refractivity contribution in [2.24, 2.45) is 23.7 Å². The maximum atomic E-state index is 2.32. The van der Waals surface area contributed by atoms with Crippen molar-refractivity contribution in [2.75, 3.05) is 0 Å². The lowest BCUT2D eigenvalue weighted by molar-refractivity contribution is 0.285. The maximum Gasteiger partial charge on any atom is 0.133 e. The Morgan fingerprint density at radius 1 is 1.00 bits per heavy atom. The standard InChI is InChI=1S/C16H19/c1-2-5-11(6-3-1)15-9-12-10-16(15)14-8-4-7-13(12)14/h1-3,5-6,12-14,16H,4,7-10H2/q+1/t12-,13-,14-,16+/m1/s1. The van der Waals surface area contributed by atoms with E-state index in [-0.39, 0.29) is 0 Å². The van der Waals surface area contributed by atoms with Crippen molar-refractivity contribution in [1.29, 1.82) is 0 Å². The predicted octanol–water partition coefficient (Wildman–Crippen LogP) is 4.07. The lowest BCUT2D eigenvalue weighted by atomic mass is 9.73. The zero-order valence-electron chi connectivity index (χ0n) is 9.73. The molecule has 3 saturated carbocycles. The molecule has 0 spiro atoms. The Bertz CT molecular complexity index is 380. The Hall–Kier alpha value is -0.910. The average Bonchev–Trinajstić information content (AvgIpc) is 3.02. The molecule has 0 radical (unpaired) electrons. The van der Waals surface area contributed by atoms with Crippen LogP contribution < -0.4 is 0 Å². The van der Waals surface area contributed by atoms with E-state index in [2.05, 4.69) is 30.3 Å². The predicted molar refractivity (Wildman–Crippen MR) is 65.8 cm³/mol. The summed E-state index contributed by atoms with van der Waals surface area (Å²) in [5.41, 5.74) is 1.54. The third-order valence-corrected chi connectivity index (χ3v) is 5.38. The molecule has 0 heterocycles. The van der Waals surface area contributed by atoms with E-state index in [9.17, 15) is 0 Å². The molecule has 0 unspecified atom stereocenters. The van der Waals surface area contributed by atoms with Crippen LogP contribution in [0.15, 0.2) is 30.3 Å². The van der Waals surface area contributed by atoms with Crippen molar-refractivity contribution in [1.82, 2.24) is 0 Å². The molecule has 0 saturated heterocycles. The van der Waals surface area contributed by atoms with Gasteiger partial charge in [-0.1, -0.05) is 6.42 Å². The van der Waals surface area contributed by atoms with Gasteiger partial charge < -0.3 is 0 Å². The van der Waals surface area contributed by atoms with Crippen LogP contribution in [-0.4, -0.2) is 0 Å². The van der Waals surface area contributed by atoms with Crippen molar-refractivity contribution in [3.8, 4) is 0 Å². The van der Waals surface area contributed by atoms with E-state index >= 15 is 0 Å². The topological polar surface area (TPSA) is 0 Å². The minimum Gasteiger partial charge on any atom is -0.0527 e. The van der Waals surface area contributed by atoms with E-state index in [1.165, 1.54) is 32.1 Å². The highest BCUT2D eigenvalue weighted by Gasteiger charge is 2.57. The van der Waals surface area contributed by atoms with Gasteiger partial charge >= 0.3 is 0 Å². The summed E-state index contributed by atoms with van der Waals surface area (Å²) in [5, 5.41) is 0. The first-order chi connectivity index (χ1) is 7.93. The summed E-state index contributed by atoms with van der Waals surface area (Å²) >= 11 is 0. The maximum absolute atomic E-state index is 2.32. The van der Waals surface area contributed by atoms with Crippen molar-refractivity contribution in [3.05, 3.63) is 41.8 Å². The van der Waals surface area contributed by atoms with Crippen molar-refractivity contribution in [3.63, 3.8) is 0 Å². The van der Waals surface area contributed by atoms with Gasteiger partial charge in [0.2, 0.25) is 0 Å². The van der Waals surface area contributed by atoms with Crippen LogP contribution in [0.1, 0.15) is 37.7 Å². The Labute approximate surface area is 98.1 Å². The van der Waals surface area contributed by atoms with Crippen LogP contribution in [0.2, 0.25) is 0 Å². The van der Waals surface area contributed by atoms with Crippen LogP contribution in [0.4, 0.5) is 0 Å². The minimum atomic E-state index is 0.958. The van der Waals surface area contributed by atoms with Crippen LogP contribution in [-0.2, 0) is 0 Å². The van der Waals surface area contributed by atoms with Gasteiger partial charge in [-0.3, -0.25) is 0 Å². The van der Waals surface area contributed by atoms with Crippen LogP contribution >= 0.6 is 0 Å². The first kappa shape index (κ1) is 9.15. The molecule has 1 aromatic carbocycles. The molecule has 0 heteroatoms. The molecule has 4 atom stereocenters. The number of fused-ring (bicyclic) bond motifs is 5. The molecule has 0 aliphatic heterocycles. The van der Waals surface area contributed by atoms with Crippen molar-refractivity contribution < 1.29 is 0 Å². The average molecular weight is 211 g/mol. The fourth-order valence-corrected chi connectivity index (χ4v) is 4.83. The van der Waals surface area contributed by atoms with Gasteiger partial charge in [0.05, 0.1) is 0 Å². The SMILES string of the molecule is c1ccc([C+]2C[C@@H]3C[C@H]2[C@@H]2CCC[C@H]32)cc1. The minimum absolute atomic E-state index is 0.958. The van der Waals surface area contributed by atoms with E-state index in [0.29, 0.717) is 0 Å². The van der Waals surface area contributed by atoms with Gasteiger partial charge in [0.1, 0.15) is 5.56 Å². The summed E-state index contributed by atoms with van der Waals surface area (Å²) in [6.45, 7) is 0. The summed E-state index contributed by atoms with van der Waals surface area (Å²) in [4.78, 5) is 0. The monoisotopic (exact) mass is 211 g/mol. The fraction of sp³-hybridized carbons (Fsp3) is 0.562. The first-order valence-corrected chi connectivity index (χ1v) is 6.84. The second-order valence-corrected chi connectivity index (χ2v) is 5.96. The summed E-state index contributed by atoms with van der Waals surface area (Å²) in [6, 6.07) is 11.2. The van der Waals surface area contributed by atoms with Crippen LogP contribution in [0.5, 0.6) is 0 Å². The number of hydrogen-bond acceptors (Lipinski definition) is 0. The van der Waals surface area contributed by atoms with Gasteiger partial charge in [0.25, 0.3) is 0 Å². The van der Waals surface area contributed by atoms with Crippen LogP contribution in [0, 0.1) is 29.6 Å².